The summed E-state index contributed by atoms with van der Waals surface area (Å²) in [5.41, 5.74) is 0.141. The van der Waals surface area contributed by atoms with E-state index in [0.29, 0.717) is 12.5 Å². The monoisotopic (exact) mass is 329 g/mol. The number of unbranched alkanes of at least 4 members (excludes halogenated alkanes) is 3. The maximum atomic E-state index is 13.5. The van der Waals surface area contributed by atoms with E-state index in [0.717, 1.165) is 51.0 Å². The maximum Gasteiger partial charge on any atom is 0.247 e. The minimum Gasteiger partial charge on any atom is -0.413 e. The van der Waals surface area contributed by atoms with Crippen molar-refractivity contribution in [2.24, 2.45) is 0 Å². The van der Waals surface area contributed by atoms with Crippen molar-refractivity contribution in [1.29, 1.82) is 0 Å². The van der Waals surface area contributed by atoms with E-state index in [1.54, 1.807) is 0 Å². The molecular formula is C17H24F3OSi. The highest BCUT2D eigenvalue weighted by Gasteiger charge is 2.23. The molecule has 0 aliphatic carbocycles. The summed E-state index contributed by atoms with van der Waals surface area (Å²) in [7, 11) is 3.17. The second kappa shape index (κ2) is 9.35. The van der Waals surface area contributed by atoms with Gasteiger partial charge in [-0.15, -0.1) is 0 Å². The largest absolute Gasteiger partial charge is 0.413 e. The predicted octanol–water partition coefficient (Wildman–Crippen LogP) is 5.26. The van der Waals surface area contributed by atoms with Gasteiger partial charge in [-0.3, -0.25) is 0 Å². The van der Waals surface area contributed by atoms with Crippen LogP contribution in [0.3, 0.4) is 0 Å². The smallest absolute Gasteiger partial charge is 0.247 e. The molecule has 0 aliphatic rings. The quantitative estimate of drug-likeness (QED) is 0.323. The normalized spacial score (nSPS) is 11.9. The molecule has 0 N–H and O–H groups in total. The van der Waals surface area contributed by atoms with Gasteiger partial charge in [0.25, 0.3) is 0 Å². The Morgan fingerprint density at radius 3 is 2.09 bits per heavy atom. The van der Waals surface area contributed by atoms with Gasteiger partial charge < -0.3 is 4.43 Å². The molecule has 5 heteroatoms. The predicted molar refractivity (Wildman–Crippen MR) is 83.3 cm³/mol. The Hall–Kier alpha value is -0.813. The SMILES string of the molecule is CCC(CC)(CCCCCCc1cc(F)c(F)cc1F)O[Si]. The first kappa shape index (κ1) is 19.2. The fourth-order valence-electron chi connectivity index (χ4n) is 2.67. The fraction of sp³-hybridized carbons (Fsp3) is 0.647. The second-order valence-electron chi connectivity index (χ2n) is 5.76. The number of aryl methyl sites for hydroxylation is 1. The van der Waals surface area contributed by atoms with Gasteiger partial charge in [-0.1, -0.05) is 33.1 Å². The third kappa shape index (κ3) is 5.43. The Bertz CT molecular complexity index is 453. The molecule has 0 saturated carbocycles. The first-order valence-electron chi connectivity index (χ1n) is 7.96. The summed E-state index contributed by atoms with van der Waals surface area (Å²) in [6.07, 6.45) is 7.06. The molecule has 0 saturated heterocycles. The van der Waals surface area contributed by atoms with Crippen molar-refractivity contribution in [3.63, 3.8) is 0 Å². The molecular weight excluding hydrogens is 305 g/mol. The molecule has 0 aliphatic heterocycles. The number of rotatable bonds is 10. The van der Waals surface area contributed by atoms with Crippen molar-refractivity contribution in [1.82, 2.24) is 0 Å². The summed E-state index contributed by atoms with van der Waals surface area (Å²) in [5, 5.41) is 0. The third-order valence-corrected chi connectivity index (χ3v) is 4.86. The lowest BCUT2D eigenvalue weighted by Gasteiger charge is -2.30. The first-order chi connectivity index (χ1) is 10.5. The van der Waals surface area contributed by atoms with Crippen molar-refractivity contribution < 1.29 is 17.6 Å². The molecule has 1 aromatic rings. The van der Waals surface area contributed by atoms with Crippen molar-refractivity contribution in [2.45, 2.75) is 70.8 Å². The second-order valence-corrected chi connectivity index (χ2v) is 5.97. The first-order valence-corrected chi connectivity index (χ1v) is 8.37. The Kier molecular flexibility index (Phi) is 8.18. The Balaban J connectivity index is 2.30. The van der Waals surface area contributed by atoms with Gasteiger partial charge in [-0.2, -0.15) is 0 Å². The average molecular weight is 329 g/mol. The molecule has 0 bridgehead atoms. The van der Waals surface area contributed by atoms with E-state index in [-0.39, 0.29) is 11.2 Å². The molecule has 0 aromatic heterocycles. The summed E-state index contributed by atoms with van der Waals surface area (Å²) in [4.78, 5) is 0. The highest BCUT2D eigenvalue weighted by Crippen LogP contribution is 2.26. The maximum absolute atomic E-state index is 13.5. The van der Waals surface area contributed by atoms with Crippen molar-refractivity contribution >= 4 is 10.5 Å². The van der Waals surface area contributed by atoms with Crippen LogP contribution < -0.4 is 0 Å². The van der Waals surface area contributed by atoms with Crippen LogP contribution in [0.1, 0.15) is 64.4 Å². The van der Waals surface area contributed by atoms with Crippen LogP contribution in [0.4, 0.5) is 13.2 Å². The number of hydrogen-bond donors (Lipinski definition) is 0. The highest BCUT2D eigenvalue weighted by atomic mass is 28.2. The number of halogens is 3. The number of hydrogen-bond acceptors (Lipinski definition) is 1. The standard InChI is InChI=1S/C17H24F3OSi/c1-3-17(4-2,21-22)10-8-6-5-7-9-13-11-15(19)16(20)12-14(13)18/h11-12H,3-10H2,1-2H3. The van der Waals surface area contributed by atoms with Crippen LogP contribution in [0, 0.1) is 17.5 Å². The van der Waals surface area contributed by atoms with Crippen LogP contribution in [0.5, 0.6) is 0 Å². The van der Waals surface area contributed by atoms with Crippen LogP contribution in [0.15, 0.2) is 12.1 Å². The van der Waals surface area contributed by atoms with Gasteiger partial charge >= 0.3 is 0 Å². The summed E-state index contributed by atoms with van der Waals surface area (Å²) >= 11 is 0. The van der Waals surface area contributed by atoms with E-state index in [9.17, 15) is 13.2 Å². The van der Waals surface area contributed by atoms with E-state index in [4.69, 9.17) is 4.43 Å². The van der Waals surface area contributed by atoms with E-state index in [2.05, 4.69) is 24.3 Å². The van der Waals surface area contributed by atoms with Crippen LogP contribution >= 0.6 is 0 Å². The molecule has 0 fully saturated rings. The minimum atomic E-state index is -1.13. The minimum absolute atomic E-state index is 0.108. The van der Waals surface area contributed by atoms with Gasteiger partial charge in [-0.25, -0.2) is 13.2 Å². The Morgan fingerprint density at radius 1 is 0.909 bits per heavy atom. The molecule has 3 radical (unpaired) electrons. The van der Waals surface area contributed by atoms with E-state index in [1.165, 1.54) is 0 Å². The average Bonchev–Trinajstić information content (AvgIpc) is 2.52. The van der Waals surface area contributed by atoms with E-state index < -0.39 is 17.5 Å². The van der Waals surface area contributed by atoms with Crippen molar-refractivity contribution in [2.75, 3.05) is 0 Å². The summed E-state index contributed by atoms with van der Waals surface area (Å²) in [6.45, 7) is 4.21. The summed E-state index contributed by atoms with van der Waals surface area (Å²) in [6, 6.07) is 1.58. The lowest BCUT2D eigenvalue weighted by Crippen LogP contribution is -2.30. The molecule has 0 unspecified atom stereocenters. The lowest BCUT2D eigenvalue weighted by molar-refractivity contribution is 0.0583. The fourth-order valence-corrected chi connectivity index (χ4v) is 3.06. The molecule has 1 nitrogen and oxygen atoms in total. The summed E-state index contributed by atoms with van der Waals surface area (Å²) < 4.78 is 44.8. The van der Waals surface area contributed by atoms with Crippen LogP contribution in [0.25, 0.3) is 0 Å². The van der Waals surface area contributed by atoms with Crippen molar-refractivity contribution in [3.05, 3.63) is 35.1 Å². The zero-order valence-corrected chi connectivity index (χ0v) is 14.4. The Labute approximate surface area is 134 Å². The van der Waals surface area contributed by atoms with Gasteiger partial charge in [0.15, 0.2) is 11.6 Å². The van der Waals surface area contributed by atoms with Gasteiger partial charge in [0.2, 0.25) is 10.5 Å². The molecule has 0 heterocycles. The zero-order valence-electron chi connectivity index (χ0n) is 13.4. The molecule has 0 atom stereocenters. The topological polar surface area (TPSA) is 9.23 Å². The van der Waals surface area contributed by atoms with Gasteiger partial charge in [0.1, 0.15) is 5.82 Å². The third-order valence-electron chi connectivity index (χ3n) is 4.42. The van der Waals surface area contributed by atoms with Crippen LogP contribution in [-0.2, 0) is 10.8 Å². The molecule has 1 aromatic carbocycles. The van der Waals surface area contributed by atoms with E-state index >= 15 is 0 Å². The molecule has 22 heavy (non-hydrogen) atoms. The molecule has 0 spiro atoms. The van der Waals surface area contributed by atoms with E-state index in [1.807, 2.05) is 0 Å². The zero-order chi connectivity index (χ0) is 16.6. The van der Waals surface area contributed by atoms with Crippen LogP contribution in [0.2, 0.25) is 0 Å². The van der Waals surface area contributed by atoms with Crippen molar-refractivity contribution in [3.8, 4) is 0 Å². The van der Waals surface area contributed by atoms with Gasteiger partial charge in [0.05, 0.1) is 5.60 Å². The summed E-state index contributed by atoms with van der Waals surface area (Å²) in [5.74, 6) is -2.78. The molecule has 1 rings (SSSR count). The lowest BCUT2D eigenvalue weighted by atomic mass is 9.90. The van der Waals surface area contributed by atoms with Gasteiger partial charge in [0, 0.05) is 6.07 Å². The Morgan fingerprint density at radius 2 is 1.50 bits per heavy atom. The molecule has 0 amide bonds. The highest BCUT2D eigenvalue weighted by molar-refractivity contribution is 5.98. The molecule has 123 valence electrons. The van der Waals surface area contributed by atoms with Crippen LogP contribution in [-0.4, -0.2) is 16.1 Å². The number of benzene rings is 1. The van der Waals surface area contributed by atoms with Gasteiger partial charge in [-0.05, 0) is 43.7 Å².